The molecule has 3 rings (SSSR count). The number of hydrogen-bond acceptors (Lipinski definition) is 0. The van der Waals surface area contributed by atoms with Crippen LogP contribution in [-0.4, -0.2) is 0 Å². The molecule has 0 saturated heterocycles. The summed E-state index contributed by atoms with van der Waals surface area (Å²) < 4.78 is 14.4. The standard InChI is InChI=1S/C29H37F/c1-3-5-7-9-25-15-21-28(29(30)22-25)20-14-24-12-18-27(19-13-24)26-16-10-23(11-17-26)8-6-4-2/h10-11,15-17,21-22,24,27H,3-9,12-13,18-19H2,1-2H3. The van der Waals surface area contributed by atoms with Crippen molar-refractivity contribution in [2.75, 3.05) is 0 Å². The number of aryl methyl sites for hydroxylation is 2. The van der Waals surface area contributed by atoms with E-state index in [2.05, 4.69) is 50.0 Å². The Morgan fingerprint density at radius 1 is 0.800 bits per heavy atom. The fourth-order valence-corrected chi connectivity index (χ4v) is 4.48. The molecule has 1 fully saturated rings. The zero-order chi connectivity index (χ0) is 21.2. The smallest absolute Gasteiger partial charge is 0.139 e. The summed E-state index contributed by atoms with van der Waals surface area (Å²) in [4.78, 5) is 0. The van der Waals surface area contributed by atoms with Gasteiger partial charge in [0.1, 0.15) is 5.82 Å². The van der Waals surface area contributed by atoms with Crippen LogP contribution in [0.4, 0.5) is 4.39 Å². The van der Waals surface area contributed by atoms with Crippen LogP contribution in [0.5, 0.6) is 0 Å². The van der Waals surface area contributed by atoms with Gasteiger partial charge in [0.25, 0.3) is 0 Å². The monoisotopic (exact) mass is 404 g/mol. The summed E-state index contributed by atoms with van der Waals surface area (Å²) in [6.07, 6.45) is 12.8. The van der Waals surface area contributed by atoms with E-state index in [1.54, 1.807) is 6.07 Å². The second-order valence-electron chi connectivity index (χ2n) is 8.93. The maximum Gasteiger partial charge on any atom is 0.139 e. The molecule has 0 heterocycles. The molecule has 0 spiro atoms. The van der Waals surface area contributed by atoms with Gasteiger partial charge in [-0.1, -0.05) is 75.3 Å². The van der Waals surface area contributed by atoms with Crippen molar-refractivity contribution < 1.29 is 4.39 Å². The van der Waals surface area contributed by atoms with E-state index in [0.717, 1.165) is 31.2 Å². The summed E-state index contributed by atoms with van der Waals surface area (Å²) in [5.74, 6) is 7.39. The summed E-state index contributed by atoms with van der Waals surface area (Å²) in [6.45, 7) is 4.44. The second-order valence-corrected chi connectivity index (χ2v) is 8.93. The lowest BCUT2D eigenvalue weighted by molar-refractivity contribution is 0.384. The zero-order valence-electron chi connectivity index (χ0n) is 18.9. The first kappa shape index (κ1) is 22.6. The molecular formula is C29H37F. The Morgan fingerprint density at radius 2 is 1.47 bits per heavy atom. The first-order valence-electron chi connectivity index (χ1n) is 12.1. The average Bonchev–Trinajstić information content (AvgIpc) is 2.78. The van der Waals surface area contributed by atoms with Crippen LogP contribution in [0.3, 0.4) is 0 Å². The first-order valence-corrected chi connectivity index (χ1v) is 12.1. The average molecular weight is 405 g/mol. The van der Waals surface area contributed by atoms with Crippen molar-refractivity contribution >= 4 is 0 Å². The van der Waals surface area contributed by atoms with Crippen LogP contribution in [0, 0.1) is 23.6 Å². The summed E-state index contributed by atoms with van der Waals surface area (Å²) in [6, 6.07) is 14.9. The molecule has 0 amide bonds. The van der Waals surface area contributed by atoms with Crippen molar-refractivity contribution in [3.05, 3.63) is 70.5 Å². The van der Waals surface area contributed by atoms with Gasteiger partial charge < -0.3 is 0 Å². The van der Waals surface area contributed by atoms with Gasteiger partial charge in [0.2, 0.25) is 0 Å². The summed E-state index contributed by atoms with van der Waals surface area (Å²) in [5.41, 5.74) is 4.58. The summed E-state index contributed by atoms with van der Waals surface area (Å²) in [7, 11) is 0. The van der Waals surface area contributed by atoms with E-state index >= 15 is 0 Å². The van der Waals surface area contributed by atoms with E-state index in [4.69, 9.17) is 0 Å². The Hall–Kier alpha value is -2.07. The van der Waals surface area contributed by atoms with E-state index in [1.165, 1.54) is 56.1 Å². The summed E-state index contributed by atoms with van der Waals surface area (Å²) >= 11 is 0. The second kappa shape index (κ2) is 11.9. The highest BCUT2D eigenvalue weighted by Gasteiger charge is 2.21. The van der Waals surface area contributed by atoms with E-state index in [-0.39, 0.29) is 5.82 Å². The van der Waals surface area contributed by atoms with Crippen LogP contribution >= 0.6 is 0 Å². The molecule has 0 radical (unpaired) electrons. The van der Waals surface area contributed by atoms with Gasteiger partial charge in [0, 0.05) is 5.92 Å². The molecule has 0 aromatic heterocycles. The fraction of sp³-hybridized carbons (Fsp3) is 0.517. The largest absolute Gasteiger partial charge is 0.206 e. The van der Waals surface area contributed by atoms with Gasteiger partial charge in [-0.05, 0) is 86.1 Å². The van der Waals surface area contributed by atoms with Crippen molar-refractivity contribution in [3.8, 4) is 11.8 Å². The summed E-state index contributed by atoms with van der Waals surface area (Å²) in [5, 5.41) is 0. The topological polar surface area (TPSA) is 0 Å². The third kappa shape index (κ3) is 6.73. The third-order valence-electron chi connectivity index (χ3n) is 6.51. The minimum Gasteiger partial charge on any atom is -0.206 e. The van der Waals surface area contributed by atoms with Gasteiger partial charge in [-0.2, -0.15) is 0 Å². The highest BCUT2D eigenvalue weighted by molar-refractivity contribution is 5.38. The molecule has 0 unspecified atom stereocenters. The Balaban J connectivity index is 1.51. The van der Waals surface area contributed by atoms with Gasteiger partial charge in [-0.3, -0.25) is 0 Å². The molecule has 160 valence electrons. The molecule has 1 heteroatoms. The SMILES string of the molecule is CCCCCc1ccc(C#CC2CCC(c3ccc(CCCC)cc3)CC2)c(F)c1. The van der Waals surface area contributed by atoms with Gasteiger partial charge >= 0.3 is 0 Å². The van der Waals surface area contributed by atoms with Gasteiger partial charge in [-0.15, -0.1) is 0 Å². The predicted octanol–water partition coefficient (Wildman–Crippen LogP) is 8.23. The molecule has 2 aromatic carbocycles. The predicted molar refractivity (Wildman–Crippen MR) is 126 cm³/mol. The van der Waals surface area contributed by atoms with Crippen LogP contribution in [-0.2, 0) is 12.8 Å². The van der Waals surface area contributed by atoms with E-state index in [9.17, 15) is 4.39 Å². The Bertz CT molecular complexity index is 829. The quantitative estimate of drug-likeness (QED) is 0.307. The molecule has 0 N–H and O–H groups in total. The Labute approximate surface area is 183 Å². The van der Waals surface area contributed by atoms with Gasteiger partial charge in [0.05, 0.1) is 5.56 Å². The van der Waals surface area contributed by atoms with Crippen molar-refractivity contribution in [2.45, 2.75) is 90.4 Å². The maximum absolute atomic E-state index is 14.4. The molecule has 2 aromatic rings. The Morgan fingerprint density at radius 3 is 2.13 bits per heavy atom. The Kier molecular flexibility index (Phi) is 9.00. The molecule has 0 aliphatic heterocycles. The van der Waals surface area contributed by atoms with E-state index in [1.807, 2.05) is 12.1 Å². The highest BCUT2D eigenvalue weighted by Crippen LogP contribution is 2.35. The highest BCUT2D eigenvalue weighted by atomic mass is 19.1. The van der Waals surface area contributed by atoms with Crippen LogP contribution in [0.15, 0.2) is 42.5 Å². The molecule has 0 nitrogen and oxygen atoms in total. The molecule has 1 aliphatic rings. The van der Waals surface area contributed by atoms with E-state index in [0.29, 0.717) is 17.4 Å². The molecule has 1 aliphatic carbocycles. The lowest BCUT2D eigenvalue weighted by Crippen LogP contribution is -2.12. The normalized spacial score (nSPS) is 18.6. The van der Waals surface area contributed by atoms with Crippen LogP contribution < -0.4 is 0 Å². The first-order chi connectivity index (χ1) is 14.7. The van der Waals surface area contributed by atoms with Crippen LogP contribution in [0.2, 0.25) is 0 Å². The fourth-order valence-electron chi connectivity index (χ4n) is 4.48. The lowest BCUT2D eigenvalue weighted by atomic mass is 9.78. The van der Waals surface area contributed by atoms with Crippen molar-refractivity contribution in [1.29, 1.82) is 0 Å². The minimum atomic E-state index is -0.159. The van der Waals surface area contributed by atoms with Crippen LogP contribution in [0.1, 0.15) is 99.8 Å². The lowest BCUT2D eigenvalue weighted by Gasteiger charge is -2.26. The number of halogens is 1. The maximum atomic E-state index is 14.4. The number of benzene rings is 2. The number of unbranched alkanes of at least 4 members (excludes halogenated alkanes) is 3. The minimum absolute atomic E-state index is 0.159. The van der Waals surface area contributed by atoms with Crippen molar-refractivity contribution in [3.63, 3.8) is 0 Å². The molecular weight excluding hydrogens is 367 g/mol. The molecule has 0 bridgehead atoms. The van der Waals surface area contributed by atoms with Gasteiger partial charge in [0.15, 0.2) is 0 Å². The van der Waals surface area contributed by atoms with Crippen molar-refractivity contribution in [1.82, 2.24) is 0 Å². The number of rotatable bonds is 8. The number of hydrogen-bond donors (Lipinski definition) is 0. The zero-order valence-corrected chi connectivity index (χ0v) is 18.9. The van der Waals surface area contributed by atoms with Crippen LogP contribution in [0.25, 0.3) is 0 Å². The van der Waals surface area contributed by atoms with E-state index < -0.39 is 0 Å². The van der Waals surface area contributed by atoms with Gasteiger partial charge in [-0.25, -0.2) is 4.39 Å². The molecule has 1 saturated carbocycles. The van der Waals surface area contributed by atoms with Crippen molar-refractivity contribution in [2.24, 2.45) is 5.92 Å². The third-order valence-corrected chi connectivity index (χ3v) is 6.51. The molecule has 0 atom stereocenters. The molecule has 30 heavy (non-hydrogen) atoms.